The maximum atomic E-state index is 12.2. The van der Waals surface area contributed by atoms with Gasteiger partial charge in [0, 0.05) is 0 Å². The summed E-state index contributed by atoms with van der Waals surface area (Å²) in [5, 5.41) is 15.5. The largest absolute Gasteiger partial charge is 0.450 e. The molecule has 120 valence electrons. The predicted molar refractivity (Wildman–Crippen MR) is 95.6 cm³/mol. The smallest absolute Gasteiger partial charge is 0.283 e. The van der Waals surface area contributed by atoms with E-state index in [2.05, 4.69) is 32.9 Å². The molecule has 2 aliphatic rings. The highest BCUT2D eigenvalue weighted by atomic mass is 79.9. The Morgan fingerprint density at radius 3 is 2.96 bits per heavy atom. The van der Waals surface area contributed by atoms with Crippen molar-refractivity contribution in [1.82, 2.24) is 5.01 Å². The van der Waals surface area contributed by atoms with Gasteiger partial charge in [0.2, 0.25) is 5.17 Å². The number of hydrogen-bond acceptors (Lipinski definition) is 5. The molecule has 0 saturated heterocycles. The summed E-state index contributed by atoms with van der Waals surface area (Å²) < 4.78 is 5.93. The number of fused-ring (bicyclic) bond motifs is 1. The highest BCUT2D eigenvalue weighted by Crippen LogP contribution is 2.30. The summed E-state index contributed by atoms with van der Waals surface area (Å²) in [6.07, 6.45) is 5.70. The second kappa shape index (κ2) is 6.84. The van der Waals surface area contributed by atoms with Crippen molar-refractivity contribution in [3.8, 4) is 0 Å². The molecular formula is C15H15BrN4O2S. The number of carbonyl (C=O) groups is 1. The van der Waals surface area contributed by atoms with Gasteiger partial charge in [0.05, 0.1) is 5.57 Å². The minimum absolute atomic E-state index is 0.0329. The van der Waals surface area contributed by atoms with E-state index in [1.165, 1.54) is 22.8 Å². The van der Waals surface area contributed by atoms with Crippen molar-refractivity contribution in [1.29, 1.82) is 5.41 Å². The summed E-state index contributed by atoms with van der Waals surface area (Å²) >= 11 is 4.58. The lowest BCUT2D eigenvalue weighted by molar-refractivity contribution is -0.114. The maximum Gasteiger partial charge on any atom is 0.283 e. The van der Waals surface area contributed by atoms with Gasteiger partial charge in [-0.1, -0.05) is 19.8 Å². The number of nitrogens with zero attached hydrogens (tertiary/aromatic N) is 3. The summed E-state index contributed by atoms with van der Waals surface area (Å²) in [7, 11) is 0. The van der Waals surface area contributed by atoms with Gasteiger partial charge in [0.15, 0.2) is 10.5 Å². The molecule has 0 saturated carbocycles. The monoisotopic (exact) mass is 394 g/mol. The lowest BCUT2D eigenvalue weighted by Gasteiger charge is -2.19. The Morgan fingerprint density at radius 1 is 1.43 bits per heavy atom. The zero-order chi connectivity index (χ0) is 16.4. The van der Waals surface area contributed by atoms with Crippen LogP contribution >= 0.6 is 27.7 Å². The Morgan fingerprint density at radius 2 is 2.26 bits per heavy atom. The van der Waals surface area contributed by atoms with Crippen LogP contribution in [0, 0.1) is 5.41 Å². The molecule has 23 heavy (non-hydrogen) atoms. The number of furan rings is 1. The van der Waals surface area contributed by atoms with Crippen molar-refractivity contribution in [2.75, 3.05) is 0 Å². The lowest BCUT2D eigenvalue weighted by Crippen LogP contribution is -2.35. The third-order valence-corrected chi connectivity index (χ3v) is 4.77. The molecule has 0 spiro atoms. The quantitative estimate of drug-likeness (QED) is 0.597. The van der Waals surface area contributed by atoms with Gasteiger partial charge in [-0.2, -0.15) is 15.1 Å². The maximum absolute atomic E-state index is 12.2. The van der Waals surface area contributed by atoms with Crippen LogP contribution in [0.4, 0.5) is 0 Å². The number of amidine groups is 2. The molecule has 2 aliphatic heterocycles. The van der Waals surface area contributed by atoms with Crippen LogP contribution in [-0.2, 0) is 4.79 Å². The van der Waals surface area contributed by atoms with Crippen molar-refractivity contribution < 1.29 is 9.21 Å². The molecule has 3 rings (SSSR count). The molecular weight excluding hydrogens is 380 g/mol. The highest BCUT2D eigenvalue weighted by molar-refractivity contribution is 9.10. The van der Waals surface area contributed by atoms with Crippen LogP contribution in [0.3, 0.4) is 0 Å². The van der Waals surface area contributed by atoms with Gasteiger partial charge < -0.3 is 4.42 Å². The number of nitrogens with one attached hydrogen (secondary N) is 1. The first-order valence-corrected chi connectivity index (χ1v) is 8.94. The first-order chi connectivity index (χ1) is 11.1. The number of hydrazone groups is 1. The molecule has 6 nitrogen and oxygen atoms in total. The van der Waals surface area contributed by atoms with Crippen molar-refractivity contribution in [2.45, 2.75) is 32.6 Å². The fraction of sp³-hybridized carbons (Fsp3) is 0.333. The molecule has 0 aromatic carbocycles. The number of carbonyl (C=O) groups excluding carboxylic acids is 1. The zero-order valence-corrected chi connectivity index (χ0v) is 14.9. The van der Waals surface area contributed by atoms with Crippen LogP contribution in [0.15, 0.2) is 36.9 Å². The van der Waals surface area contributed by atoms with E-state index in [0.29, 0.717) is 15.6 Å². The Kier molecular flexibility index (Phi) is 4.82. The molecule has 0 fully saturated rings. The number of halogens is 1. The molecule has 1 aromatic rings. The topological polar surface area (TPSA) is 82.0 Å². The zero-order valence-electron chi connectivity index (χ0n) is 12.5. The molecule has 0 atom stereocenters. The van der Waals surface area contributed by atoms with E-state index in [1.807, 2.05) is 0 Å². The highest BCUT2D eigenvalue weighted by Gasteiger charge is 2.35. The van der Waals surface area contributed by atoms with E-state index >= 15 is 0 Å². The third kappa shape index (κ3) is 3.48. The van der Waals surface area contributed by atoms with Crippen LogP contribution < -0.4 is 0 Å². The van der Waals surface area contributed by atoms with Crippen molar-refractivity contribution >= 4 is 55.7 Å². The average molecular weight is 395 g/mol. The molecule has 1 amide bonds. The number of aliphatic imine (C=N–C) groups is 1. The molecule has 0 radical (unpaired) electrons. The average Bonchev–Trinajstić information content (AvgIpc) is 3.10. The Balaban J connectivity index is 1.82. The van der Waals surface area contributed by atoms with Crippen molar-refractivity contribution in [3.63, 3.8) is 0 Å². The Hall–Kier alpha value is -1.67. The SMILES string of the molecule is CCCCCC1=NN2C(=N)/C(=C\c3ccc(Br)o3)C(=O)N=C2S1. The van der Waals surface area contributed by atoms with E-state index in [1.54, 1.807) is 12.1 Å². The molecule has 0 bridgehead atoms. The van der Waals surface area contributed by atoms with Crippen LogP contribution in [0.25, 0.3) is 6.08 Å². The van der Waals surface area contributed by atoms with E-state index < -0.39 is 5.91 Å². The second-order valence-electron chi connectivity index (χ2n) is 5.11. The lowest BCUT2D eigenvalue weighted by atomic mass is 10.1. The number of thioether (sulfide) groups is 1. The van der Waals surface area contributed by atoms with Crippen LogP contribution in [0.5, 0.6) is 0 Å². The summed E-state index contributed by atoms with van der Waals surface area (Å²) in [4.78, 5) is 16.2. The van der Waals surface area contributed by atoms with Crippen molar-refractivity contribution in [3.05, 3.63) is 28.1 Å². The van der Waals surface area contributed by atoms with E-state index in [-0.39, 0.29) is 11.4 Å². The standard InChI is InChI=1S/C15H15BrN4O2S/c1-2-3-4-5-12-19-20-13(17)10(14(21)18-15(20)23-12)8-9-6-7-11(16)22-9/h6-8,17H,2-5H2,1H3/b10-8+,17-13?. The minimum atomic E-state index is -0.439. The Bertz CT molecular complexity index is 750. The first kappa shape index (κ1) is 16.2. The molecule has 0 aliphatic carbocycles. The molecule has 1 N–H and O–H groups in total. The van der Waals surface area contributed by atoms with Gasteiger partial charge in [-0.05, 0) is 58.7 Å². The number of hydrogen-bond donors (Lipinski definition) is 1. The number of rotatable bonds is 5. The van der Waals surface area contributed by atoms with Gasteiger partial charge in [-0.15, -0.1) is 0 Å². The van der Waals surface area contributed by atoms with E-state index in [4.69, 9.17) is 9.83 Å². The van der Waals surface area contributed by atoms with Crippen LogP contribution in [0.2, 0.25) is 0 Å². The van der Waals surface area contributed by atoms with E-state index in [9.17, 15) is 4.79 Å². The minimum Gasteiger partial charge on any atom is -0.450 e. The molecule has 1 aromatic heterocycles. The fourth-order valence-electron chi connectivity index (χ4n) is 2.21. The molecule has 0 unspecified atom stereocenters. The number of unbranched alkanes of at least 4 members (excludes halogenated alkanes) is 2. The van der Waals surface area contributed by atoms with Crippen LogP contribution in [0.1, 0.15) is 38.4 Å². The van der Waals surface area contributed by atoms with Gasteiger partial charge in [-0.3, -0.25) is 10.2 Å². The second-order valence-corrected chi connectivity index (χ2v) is 6.93. The van der Waals surface area contributed by atoms with Crippen molar-refractivity contribution in [2.24, 2.45) is 10.1 Å². The Labute approximate surface area is 146 Å². The molecule has 3 heterocycles. The molecule has 8 heteroatoms. The fourth-order valence-corrected chi connectivity index (χ4v) is 3.45. The normalized spacial score (nSPS) is 19.2. The van der Waals surface area contributed by atoms with Crippen LogP contribution in [-0.4, -0.2) is 27.0 Å². The predicted octanol–water partition coefficient (Wildman–Crippen LogP) is 4.24. The van der Waals surface area contributed by atoms with Gasteiger partial charge in [-0.25, -0.2) is 0 Å². The summed E-state index contributed by atoms with van der Waals surface area (Å²) in [5.74, 6) is 0.0828. The van der Waals surface area contributed by atoms with Gasteiger partial charge in [0.1, 0.15) is 10.8 Å². The summed E-state index contributed by atoms with van der Waals surface area (Å²) in [5.41, 5.74) is 0.176. The first-order valence-electron chi connectivity index (χ1n) is 7.33. The van der Waals surface area contributed by atoms with E-state index in [0.717, 1.165) is 30.7 Å². The van der Waals surface area contributed by atoms with Gasteiger partial charge >= 0.3 is 0 Å². The van der Waals surface area contributed by atoms with Gasteiger partial charge in [0.25, 0.3) is 5.91 Å². The summed E-state index contributed by atoms with van der Waals surface area (Å²) in [6, 6.07) is 3.45. The third-order valence-electron chi connectivity index (χ3n) is 3.37. The summed E-state index contributed by atoms with van der Waals surface area (Å²) in [6.45, 7) is 2.15. The number of amides is 1.